The lowest BCUT2D eigenvalue weighted by Crippen LogP contribution is -2.37. The summed E-state index contributed by atoms with van der Waals surface area (Å²) >= 11 is 0. The van der Waals surface area contributed by atoms with Gasteiger partial charge in [0.1, 0.15) is 0 Å². The predicted molar refractivity (Wildman–Crippen MR) is 107 cm³/mol. The zero-order chi connectivity index (χ0) is 19.2. The number of aromatic nitrogens is 1. The van der Waals surface area contributed by atoms with Crippen molar-refractivity contribution < 1.29 is 14.2 Å². The van der Waals surface area contributed by atoms with Gasteiger partial charge in [0.25, 0.3) is 0 Å². The van der Waals surface area contributed by atoms with Crippen LogP contribution in [0, 0.1) is 5.92 Å². The minimum absolute atomic E-state index is 0.302. The summed E-state index contributed by atoms with van der Waals surface area (Å²) in [5.74, 6) is 3.82. The normalized spacial score (nSPS) is 15.4. The Hall–Kier alpha value is -2.96. The predicted octanol–water partition coefficient (Wildman–Crippen LogP) is 2.51. The topological polar surface area (TPSA) is 77.0 Å². The highest BCUT2D eigenvalue weighted by atomic mass is 16.7. The first-order valence-corrected chi connectivity index (χ1v) is 9.71. The molecule has 0 radical (unpaired) electrons. The molecule has 1 saturated carbocycles. The summed E-state index contributed by atoms with van der Waals surface area (Å²) in [4.78, 5) is 8.64. The van der Waals surface area contributed by atoms with Gasteiger partial charge in [-0.2, -0.15) is 0 Å². The number of hydrogen-bond donors (Lipinski definition) is 2. The van der Waals surface area contributed by atoms with Crippen molar-refractivity contribution in [2.24, 2.45) is 10.9 Å². The fourth-order valence-electron chi connectivity index (χ4n) is 2.92. The molecule has 1 aliphatic carbocycles. The quantitative estimate of drug-likeness (QED) is 0.540. The van der Waals surface area contributed by atoms with E-state index in [0.29, 0.717) is 19.2 Å². The summed E-state index contributed by atoms with van der Waals surface area (Å²) in [5.41, 5.74) is 2.27. The summed E-state index contributed by atoms with van der Waals surface area (Å²) in [6.45, 7) is 2.51. The van der Waals surface area contributed by atoms with E-state index in [9.17, 15) is 0 Å². The van der Waals surface area contributed by atoms with E-state index >= 15 is 0 Å². The summed E-state index contributed by atoms with van der Waals surface area (Å²) < 4.78 is 16.4. The molecule has 28 heavy (non-hydrogen) atoms. The molecule has 1 aliphatic heterocycles. The molecule has 1 fully saturated rings. The van der Waals surface area contributed by atoms with Crippen LogP contribution >= 0.6 is 0 Å². The Bertz CT molecular complexity index is 819. The van der Waals surface area contributed by atoms with Crippen molar-refractivity contribution in [3.8, 4) is 17.4 Å². The van der Waals surface area contributed by atoms with Crippen LogP contribution in [0.25, 0.3) is 0 Å². The maximum Gasteiger partial charge on any atom is 0.231 e. The Morgan fingerprint density at radius 3 is 2.79 bits per heavy atom. The van der Waals surface area contributed by atoms with Crippen molar-refractivity contribution >= 4 is 5.96 Å². The maximum atomic E-state index is 5.67. The third kappa shape index (κ3) is 5.06. The van der Waals surface area contributed by atoms with Gasteiger partial charge in [0.15, 0.2) is 17.5 Å². The molecular formula is C21H26N4O3. The van der Waals surface area contributed by atoms with E-state index in [-0.39, 0.29) is 0 Å². The zero-order valence-electron chi connectivity index (χ0n) is 16.1. The molecule has 4 rings (SSSR count). The number of pyridine rings is 1. The lowest BCUT2D eigenvalue weighted by atomic mass is 10.1. The highest BCUT2D eigenvalue weighted by Crippen LogP contribution is 2.32. The van der Waals surface area contributed by atoms with Crippen LogP contribution in [-0.4, -0.2) is 37.9 Å². The van der Waals surface area contributed by atoms with Crippen LogP contribution in [0.1, 0.15) is 24.0 Å². The van der Waals surface area contributed by atoms with E-state index in [2.05, 4.69) is 26.7 Å². The summed E-state index contributed by atoms with van der Waals surface area (Å²) in [6, 6.07) is 10.00. The maximum absolute atomic E-state index is 5.67. The molecule has 2 N–H and O–H groups in total. The van der Waals surface area contributed by atoms with Crippen molar-refractivity contribution in [1.82, 2.24) is 15.6 Å². The second-order valence-corrected chi connectivity index (χ2v) is 7.05. The fraction of sp³-hybridized carbons (Fsp3) is 0.429. The fourth-order valence-corrected chi connectivity index (χ4v) is 2.92. The van der Waals surface area contributed by atoms with Crippen LogP contribution in [0.5, 0.6) is 17.4 Å². The molecule has 148 valence electrons. The van der Waals surface area contributed by atoms with Gasteiger partial charge in [0.05, 0.1) is 6.61 Å². The Balaban J connectivity index is 1.19. The first kappa shape index (κ1) is 18.4. The molecular weight excluding hydrogens is 356 g/mol. The van der Waals surface area contributed by atoms with E-state index in [1.807, 2.05) is 30.5 Å². The molecule has 0 amide bonds. The van der Waals surface area contributed by atoms with Gasteiger partial charge < -0.3 is 24.8 Å². The largest absolute Gasteiger partial charge is 0.477 e. The third-order valence-corrected chi connectivity index (χ3v) is 4.79. The highest BCUT2D eigenvalue weighted by Gasteiger charge is 2.22. The Labute approximate surface area is 165 Å². The van der Waals surface area contributed by atoms with Crippen LogP contribution < -0.4 is 24.8 Å². The number of ether oxygens (including phenoxy) is 3. The first-order valence-electron chi connectivity index (χ1n) is 9.71. The number of fused-ring (bicyclic) bond motifs is 1. The Morgan fingerprint density at radius 2 is 2.00 bits per heavy atom. The van der Waals surface area contributed by atoms with Gasteiger partial charge in [-0.05, 0) is 48.4 Å². The van der Waals surface area contributed by atoms with Gasteiger partial charge in [-0.15, -0.1) is 0 Å². The third-order valence-electron chi connectivity index (χ3n) is 4.79. The van der Waals surface area contributed by atoms with Crippen molar-refractivity contribution in [1.29, 1.82) is 0 Å². The number of rotatable bonds is 8. The second kappa shape index (κ2) is 8.82. The van der Waals surface area contributed by atoms with Crippen molar-refractivity contribution in [2.45, 2.75) is 25.8 Å². The molecule has 0 bridgehead atoms. The van der Waals surface area contributed by atoms with Gasteiger partial charge in [0.2, 0.25) is 12.7 Å². The summed E-state index contributed by atoms with van der Waals surface area (Å²) in [5, 5.41) is 6.64. The van der Waals surface area contributed by atoms with Crippen LogP contribution in [0.15, 0.2) is 41.5 Å². The number of nitrogens with one attached hydrogen (secondary N) is 2. The number of nitrogens with zero attached hydrogens (tertiary/aromatic N) is 2. The standard InChI is InChI=1S/C21H26N4O3/c1-22-21(23-9-8-15-4-6-18-19(10-15)28-14-27-18)25-12-17-5-7-20(24-11-17)26-13-16-2-3-16/h4-7,10-11,16H,2-3,8-9,12-14H2,1H3,(H2,22,23,25). The highest BCUT2D eigenvalue weighted by molar-refractivity contribution is 5.79. The molecule has 2 aliphatic rings. The lowest BCUT2D eigenvalue weighted by Gasteiger charge is -2.12. The number of aliphatic imine (C=N–C) groups is 1. The Morgan fingerprint density at radius 1 is 1.14 bits per heavy atom. The van der Waals surface area contributed by atoms with Gasteiger partial charge in [0, 0.05) is 32.4 Å². The first-order chi connectivity index (χ1) is 13.8. The smallest absolute Gasteiger partial charge is 0.231 e. The molecule has 0 atom stereocenters. The molecule has 1 aromatic heterocycles. The minimum atomic E-state index is 0.302. The van der Waals surface area contributed by atoms with E-state index in [1.54, 1.807) is 7.05 Å². The van der Waals surface area contributed by atoms with Crippen LogP contribution in [0.2, 0.25) is 0 Å². The van der Waals surface area contributed by atoms with E-state index in [0.717, 1.165) is 48.5 Å². The zero-order valence-corrected chi connectivity index (χ0v) is 16.1. The average molecular weight is 382 g/mol. The Kier molecular flexibility index (Phi) is 5.80. The molecule has 2 heterocycles. The summed E-state index contributed by atoms with van der Waals surface area (Å²) in [7, 11) is 1.77. The van der Waals surface area contributed by atoms with Crippen molar-refractivity contribution in [3.63, 3.8) is 0 Å². The van der Waals surface area contributed by atoms with Gasteiger partial charge in [-0.1, -0.05) is 12.1 Å². The molecule has 7 heteroatoms. The SMILES string of the molecule is CN=C(NCCc1ccc2c(c1)OCO2)NCc1ccc(OCC2CC2)nc1. The summed E-state index contributed by atoms with van der Waals surface area (Å²) in [6.07, 6.45) is 5.27. The second-order valence-electron chi connectivity index (χ2n) is 7.05. The molecule has 0 unspecified atom stereocenters. The monoisotopic (exact) mass is 382 g/mol. The van der Waals surface area contributed by atoms with Crippen molar-refractivity contribution in [2.75, 3.05) is 27.0 Å². The van der Waals surface area contributed by atoms with E-state index < -0.39 is 0 Å². The van der Waals surface area contributed by atoms with E-state index in [4.69, 9.17) is 14.2 Å². The molecule has 1 aromatic carbocycles. The molecule has 7 nitrogen and oxygen atoms in total. The number of benzene rings is 1. The van der Waals surface area contributed by atoms with Crippen molar-refractivity contribution in [3.05, 3.63) is 47.7 Å². The van der Waals surface area contributed by atoms with Crippen LogP contribution in [0.4, 0.5) is 0 Å². The van der Waals surface area contributed by atoms with Gasteiger partial charge in [-0.3, -0.25) is 4.99 Å². The lowest BCUT2D eigenvalue weighted by molar-refractivity contribution is 0.174. The molecule has 2 aromatic rings. The molecule has 0 spiro atoms. The minimum Gasteiger partial charge on any atom is -0.477 e. The van der Waals surface area contributed by atoms with Crippen LogP contribution in [-0.2, 0) is 13.0 Å². The van der Waals surface area contributed by atoms with E-state index in [1.165, 1.54) is 18.4 Å². The number of hydrogen-bond acceptors (Lipinski definition) is 5. The molecule has 0 saturated heterocycles. The van der Waals surface area contributed by atoms with Crippen LogP contribution in [0.3, 0.4) is 0 Å². The van der Waals surface area contributed by atoms with Gasteiger partial charge >= 0.3 is 0 Å². The van der Waals surface area contributed by atoms with Gasteiger partial charge in [-0.25, -0.2) is 4.98 Å². The average Bonchev–Trinajstić information content (AvgIpc) is 3.45. The number of guanidine groups is 1.